The number of fused-ring (bicyclic) bond motifs is 1. The second-order valence-corrected chi connectivity index (χ2v) is 7.72. The molecule has 136 valence electrons. The van der Waals surface area contributed by atoms with Gasteiger partial charge in [0.2, 0.25) is 0 Å². The third-order valence-electron chi connectivity index (χ3n) is 5.12. The Morgan fingerprint density at radius 1 is 1.15 bits per heavy atom. The van der Waals surface area contributed by atoms with E-state index in [4.69, 9.17) is 4.74 Å². The fourth-order valence-electron chi connectivity index (χ4n) is 3.75. The Labute approximate surface area is 156 Å². The van der Waals surface area contributed by atoms with Gasteiger partial charge < -0.3 is 15.2 Å². The number of benzene rings is 1. The average molecular weight is 371 g/mol. The van der Waals surface area contributed by atoms with Gasteiger partial charge >= 0.3 is 5.97 Å². The van der Waals surface area contributed by atoms with Gasteiger partial charge in [0, 0.05) is 17.6 Å². The second kappa shape index (κ2) is 7.21. The summed E-state index contributed by atoms with van der Waals surface area (Å²) >= 11 is 1.26. The van der Waals surface area contributed by atoms with Gasteiger partial charge in [-0.2, -0.15) is 0 Å². The van der Waals surface area contributed by atoms with Crippen molar-refractivity contribution in [1.29, 1.82) is 0 Å². The lowest BCUT2D eigenvalue weighted by molar-refractivity contribution is -0.124. The largest absolute Gasteiger partial charge is 0.478 e. The van der Waals surface area contributed by atoms with E-state index in [0.717, 1.165) is 24.8 Å². The Morgan fingerprint density at radius 2 is 1.96 bits per heavy atom. The first-order chi connectivity index (χ1) is 12.6. The molecule has 5 nitrogen and oxygen atoms in total. The van der Waals surface area contributed by atoms with Crippen molar-refractivity contribution < 1.29 is 19.4 Å². The summed E-state index contributed by atoms with van der Waals surface area (Å²) in [6.07, 6.45) is 5.57. The van der Waals surface area contributed by atoms with Gasteiger partial charge in [-0.1, -0.05) is 18.2 Å². The fourth-order valence-corrected chi connectivity index (χ4v) is 4.72. The van der Waals surface area contributed by atoms with E-state index in [1.807, 2.05) is 11.4 Å². The van der Waals surface area contributed by atoms with Gasteiger partial charge in [0.15, 0.2) is 0 Å². The predicted molar refractivity (Wildman–Crippen MR) is 101 cm³/mol. The zero-order chi connectivity index (χ0) is 18.1. The van der Waals surface area contributed by atoms with E-state index in [1.54, 1.807) is 0 Å². The third kappa shape index (κ3) is 3.27. The Hall–Kier alpha value is -2.18. The minimum absolute atomic E-state index is 0.164. The quantitative estimate of drug-likeness (QED) is 0.848. The molecule has 1 saturated heterocycles. The van der Waals surface area contributed by atoms with E-state index >= 15 is 0 Å². The number of thiophene rings is 1. The van der Waals surface area contributed by atoms with Crippen molar-refractivity contribution in [1.82, 2.24) is 0 Å². The summed E-state index contributed by atoms with van der Waals surface area (Å²) in [5.41, 5.74) is 4.40. The van der Waals surface area contributed by atoms with E-state index in [0.29, 0.717) is 23.6 Å². The van der Waals surface area contributed by atoms with Crippen LogP contribution < -0.4 is 5.32 Å². The van der Waals surface area contributed by atoms with Gasteiger partial charge in [-0.3, -0.25) is 4.79 Å². The van der Waals surface area contributed by atoms with E-state index < -0.39 is 12.1 Å². The zero-order valence-electron chi connectivity index (χ0n) is 14.4. The van der Waals surface area contributed by atoms with Gasteiger partial charge in [-0.25, -0.2) is 4.79 Å². The van der Waals surface area contributed by atoms with Crippen LogP contribution in [0, 0.1) is 0 Å². The minimum Gasteiger partial charge on any atom is -0.478 e. The predicted octanol–water partition coefficient (Wildman–Crippen LogP) is 4.11. The van der Waals surface area contributed by atoms with E-state index in [-0.39, 0.29) is 11.5 Å². The second-order valence-electron chi connectivity index (χ2n) is 6.84. The standard InChI is InChI=1S/C20H21NO4S/c22-18(16-6-3-9-25-16)21-19-17(20(23)24)15(11-26-19)14-8-7-12-4-1-2-5-13(12)10-14/h7-8,10-11,16H,1-6,9H2,(H,21,22)(H,23,24). The molecule has 1 atom stereocenters. The molecule has 26 heavy (non-hydrogen) atoms. The van der Waals surface area contributed by atoms with Crippen LogP contribution in [-0.4, -0.2) is 29.7 Å². The highest BCUT2D eigenvalue weighted by Crippen LogP contribution is 2.37. The third-order valence-corrected chi connectivity index (χ3v) is 6.02. The van der Waals surface area contributed by atoms with E-state index in [1.165, 1.54) is 35.3 Å². The first-order valence-electron chi connectivity index (χ1n) is 9.03. The van der Waals surface area contributed by atoms with Crippen LogP contribution in [0.3, 0.4) is 0 Å². The molecule has 2 heterocycles. The first kappa shape index (κ1) is 17.2. The number of anilines is 1. The normalized spacial score (nSPS) is 19.2. The summed E-state index contributed by atoms with van der Waals surface area (Å²) in [4.78, 5) is 24.2. The highest BCUT2D eigenvalue weighted by Gasteiger charge is 2.27. The Morgan fingerprint density at radius 3 is 2.69 bits per heavy atom. The molecule has 1 aromatic heterocycles. The number of amides is 1. The number of aryl methyl sites for hydroxylation is 2. The number of carbonyl (C=O) groups excluding carboxylic acids is 1. The van der Waals surface area contributed by atoms with E-state index in [9.17, 15) is 14.7 Å². The molecule has 0 spiro atoms. The van der Waals surface area contributed by atoms with Crippen molar-refractivity contribution in [2.75, 3.05) is 11.9 Å². The molecule has 4 rings (SSSR count). The maximum atomic E-state index is 12.3. The number of hydrogen-bond donors (Lipinski definition) is 2. The van der Waals surface area contributed by atoms with Crippen molar-refractivity contribution in [3.8, 4) is 11.1 Å². The lowest BCUT2D eigenvalue weighted by Crippen LogP contribution is -2.27. The van der Waals surface area contributed by atoms with Crippen LogP contribution in [0.5, 0.6) is 0 Å². The number of carbonyl (C=O) groups is 2. The van der Waals surface area contributed by atoms with Gasteiger partial charge in [0.05, 0.1) is 0 Å². The summed E-state index contributed by atoms with van der Waals surface area (Å²) in [7, 11) is 0. The molecule has 2 N–H and O–H groups in total. The molecule has 1 aromatic carbocycles. The van der Waals surface area contributed by atoms with Crippen LogP contribution >= 0.6 is 11.3 Å². The smallest absolute Gasteiger partial charge is 0.339 e. The molecule has 1 unspecified atom stereocenters. The van der Waals surface area contributed by atoms with Gasteiger partial charge in [-0.05, 0) is 55.2 Å². The van der Waals surface area contributed by atoms with Crippen molar-refractivity contribution in [2.24, 2.45) is 0 Å². The van der Waals surface area contributed by atoms with Crippen molar-refractivity contribution in [3.63, 3.8) is 0 Å². The number of rotatable bonds is 4. The first-order valence-corrected chi connectivity index (χ1v) is 9.91. The summed E-state index contributed by atoms with van der Waals surface area (Å²) in [6, 6.07) is 6.21. The Balaban J connectivity index is 1.65. The van der Waals surface area contributed by atoms with Crippen LogP contribution in [0.25, 0.3) is 11.1 Å². The summed E-state index contributed by atoms with van der Waals surface area (Å²) in [6.45, 7) is 0.578. The number of ether oxygens (including phenoxy) is 1. The average Bonchev–Trinajstić information content (AvgIpc) is 3.31. The lowest BCUT2D eigenvalue weighted by Gasteiger charge is -2.16. The molecular formula is C20H21NO4S. The molecule has 2 aromatic rings. The molecule has 1 fully saturated rings. The Bertz CT molecular complexity index is 851. The number of carboxylic acid groups (broad SMARTS) is 1. The molecule has 1 aliphatic heterocycles. The highest BCUT2D eigenvalue weighted by molar-refractivity contribution is 7.15. The van der Waals surface area contributed by atoms with Gasteiger partial charge in [-0.15, -0.1) is 11.3 Å². The molecule has 0 saturated carbocycles. The van der Waals surface area contributed by atoms with Crippen LogP contribution in [0.2, 0.25) is 0 Å². The monoisotopic (exact) mass is 371 g/mol. The highest BCUT2D eigenvalue weighted by atomic mass is 32.1. The number of carboxylic acids is 1. The maximum absolute atomic E-state index is 12.3. The summed E-state index contributed by atoms with van der Waals surface area (Å²) < 4.78 is 5.39. The number of aromatic carboxylic acids is 1. The SMILES string of the molecule is O=C(O)c1c(-c2ccc3c(c2)CCCC3)csc1NC(=O)C1CCCO1. The molecule has 0 radical (unpaired) electrons. The zero-order valence-corrected chi connectivity index (χ0v) is 15.2. The topological polar surface area (TPSA) is 75.6 Å². The van der Waals surface area contributed by atoms with Crippen LogP contribution in [-0.2, 0) is 22.4 Å². The van der Waals surface area contributed by atoms with E-state index in [2.05, 4.69) is 17.4 Å². The van der Waals surface area contributed by atoms with Crippen molar-refractivity contribution in [2.45, 2.75) is 44.6 Å². The minimum atomic E-state index is -1.03. The maximum Gasteiger partial charge on any atom is 0.339 e. The summed E-state index contributed by atoms with van der Waals surface area (Å²) in [5.74, 6) is -1.29. The van der Waals surface area contributed by atoms with Crippen LogP contribution in [0.15, 0.2) is 23.6 Å². The van der Waals surface area contributed by atoms with Crippen molar-refractivity contribution >= 4 is 28.2 Å². The van der Waals surface area contributed by atoms with Gasteiger partial charge in [0.25, 0.3) is 5.91 Å². The molecule has 6 heteroatoms. The molecule has 0 bridgehead atoms. The molecule has 2 aliphatic rings. The van der Waals surface area contributed by atoms with Gasteiger partial charge in [0.1, 0.15) is 16.7 Å². The number of hydrogen-bond acceptors (Lipinski definition) is 4. The molecular weight excluding hydrogens is 350 g/mol. The van der Waals surface area contributed by atoms with Crippen LogP contribution in [0.4, 0.5) is 5.00 Å². The molecule has 1 amide bonds. The summed E-state index contributed by atoms with van der Waals surface area (Å²) in [5, 5.41) is 14.7. The lowest BCUT2D eigenvalue weighted by atomic mass is 9.89. The van der Waals surface area contributed by atoms with Crippen molar-refractivity contribution in [3.05, 3.63) is 40.3 Å². The fraction of sp³-hybridized carbons (Fsp3) is 0.400. The van der Waals surface area contributed by atoms with Crippen LogP contribution in [0.1, 0.15) is 47.2 Å². The Kier molecular flexibility index (Phi) is 4.78. The number of nitrogens with one attached hydrogen (secondary N) is 1. The molecule has 1 aliphatic carbocycles.